The molecule has 0 saturated heterocycles. The van der Waals surface area contributed by atoms with Gasteiger partial charge in [-0.1, -0.05) is 59.8 Å². The summed E-state index contributed by atoms with van der Waals surface area (Å²) in [5.74, 6) is 0.669. The van der Waals surface area contributed by atoms with Crippen molar-refractivity contribution in [2.45, 2.75) is 19.5 Å². The van der Waals surface area contributed by atoms with E-state index in [0.29, 0.717) is 12.4 Å². The molecule has 5 nitrogen and oxygen atoms in total. The molecule has 21 heavy (non-hydrogen) atoms. The molecule has 0 radical (unpaired) electrons. The predicted molar refractivity (Wildman–Crippen MR) is 81.3 cm³/mol. The van der Waals surface area contributed by atoms with Gasteiger partial charge in [-0.15, -0.1) is 10.2 Å². The summed E-state index contributed by atoms with van der Waals surface area (Å²) in [7, 11) is 0. The van der Waals surface area contributed by atoms with Crippen LogP contribution in [0.15, 0.2) is 54.6 Å². The van der Waals surface area contributed by atoms with Gasteiger partial charge in [-0.3, -0.25) is 0 Å². The van der Waals surface area contributed by atoms with Crippen molar-refractivity contribution in [1.29, 1.82) is 0 Å². The lowest BCUT2D eigenvalue weighted by Crippen LogP contribution is -2.18. The van der Waals surface area contributed by atoms with Crippen LogP contribution in [-0.4, -0.2) is 20.6 Å². The molecule has 1 atom stereocenters. The zero-order chi connectivity index (χ0) is 14.5. The molecule has 0 amide bonds. The van der Waals surface area contributed by atoms with E-state index in [2.05, 4.69) is 81.4 Å². The summed E-state index contributed by atoms with van der Waals surface area (Å²) >= 11 is 0. The second kappa shape index (κ2) is 6.28. The van der Waals surface area contributed by atoms with Crippen LogP contribution in [0.25, 0.3) is 11.1 Å². The van der Waals surface area contributed by atoms with Gasteiger partial charge >= 0.3 is 0 Å². The molecule has 0 bridgehead atoms. The van der Waals surface area contributed by atoms with Crippen LogP contribution in [0.2, 0.25) is 0 Å². The van der Waals surface area contributed by atoms with Crippen LogP contribution >= 0.6 is 0 Å². The number of hydrogen-bond acceptors (Lipinski definition) is 4. The van der Waals surface area contributed by atoms with Gasteiger partial charge in [0.15, 0.2) is 5.82 Å². The molecule has 0 aliphatic heterocycles. The van der Waals surface area contributed by atoms with Gasteiger partial charge < -0.3 is 5.32 Å². The van der Waals surface area contributed by atoms with E-state index in [4.69, 9.17) is 0 Å². The molecule has 1 unspecified atom stereocenters. The summed E-state index contributed by atoms with van der Waals surface area (Å²) in [4.78, 5) is 0. The topological polar surface area (TPSA) is 66.5 Å². The van der Waals surface area contributed by atoms with Crippen LogP contribution in [0.5, 0.6) is 0 Å². The van der Waals surface area contributed by atoms with Gasteiger partial charge in [0.2, 0.25) is 0 Å². The molecule has 3 rings (SSSR count). The smallest absolute Gasteiger partial charge is 0.188 e. The summed E-state index contributed by atoms with van der Waals surface area (Å²) in [6.07, 6.45) is 0. The van der Waals surface area contributed by atoms with Crippen LogP contribution in [0.3, 0.4) is 0 Å². The van der Waals surface area contributed by atoms with Crippen LogP contribution in [0, 0.1) is 0 Å². The zero-order valence-electron chi connectivity index (χ0n) is 11.8. The standard InChI is InChI=1S/C16H17N5/c1-12(17-11-16-18-20-21-19-16)13-7-9-15(10-8-13)14-5-3-2-4-6-14/h2-10,12,17H,11H2,1H3,(H,18,19,20,21). The number of aromatic nitrogens is 4. The first kappa shape index (κ1) is 13.5. The first-order chi connectivity index (χ1) is 10.3. The van der Waals surface area contributed by atoms with Crippen LogP contribution in [0.4, 0.5) is 0 Å². The number of rotatable bonds is 5. The number of tetrazole rings is 1. The Balaban J connectivity index is 1.66. The van der Waals surface area contributed by atoms with Crippen molar-refractivity contribution in [2.75, 3.05) is 0 Å². The van der Waals surface area contributed by atoms with Crippen molar-refractivity contribution in [3.05, 3.63) is 66.0 Å². The molecule has 0 spiro atoms. The third-order valence-electron chi connectivity index (χ3n) is 3.47. The molecule has 0 saturated carbocycles. The van der Waals surface area contributed by atoms with Gasteiger partial charge in [-0.25, -0.2) is 0 Å². The van der Waals surface area contributed by atoms with Crippen molar-refractivity contribution in [2.24, 2.45) is 0 Å². The summed E-state index contributed by atoms with van der Waals surface area (Å²) in [6.45, 7) is 2.72. The van der Waals surface area contributed by atoms with E-state index < -0.39 is 0 Å². The molecule has 0 aliphatic carbocycles. The number of H-pyrrole nitrogens is 1. The first-order valence-corrected chi connectivity index (χ1v) is 6.94. The maximum absolute atomic E-state index is 3.93. The zero-order valence-corrected chi connectivity index (χ0v) is 11.8. The van der Waals surface area contributed by atoms with Gasteiger partial charge in [0.1, 0.15) is 0 Å². The SMILES string of the molecule is CC(NCc1nn[nH]n1)c1ccc(-c2ccccc2)cc1. The Morgan fingerprint density at radius 3 is 2.38 bits per heavy atom. The minimum atomic E-state index is 0.230. The first-order valence-electron chi connectivity index (χ1n) is 6.94. The second-order valence-corrected chi connectivity index (χ2v) is 4.92. The third-order valence-corrected chi connectivity index (χ3v) is 3.47. The lowest BCUT2D eigenvalue weighted by atomic mass is 10.0. The molecule has 2 aromatic carbocycles. The van der Waals surface area contributed by atoms with E-state index in [0.717, 1.165) is 0 Å². The maximum atomic E-state index is 3.93. The van der Waals surface area contributed by atoms with Crippen LogP contribution < -0.4 is 5.32 Å². The van der Waals surface area contributed by atoms with Crippen molar-refractivity contribution in [1.82, 2.24) is 25.9 Å². The summed E-state index contributed by atoms with van der Waals surface area (Å²) < 4.78 is 0. The summed E-state index contributed by atoms with van der Waals surface area (Å²) in [5, 5.41) is 17.2. The Labute approximate surface area is 123 Å². The average Bonchev–Trinajstić information content (AvgIpc) is 3.07. The van der Waals surface area contributed by atoms with Crippen LogP contribution in [0.1, 0.15) is 24.4 Å². The highest BCUT2D eigenvalue weighted by molar-refractivity contribution is 5.63. The van der Waals surface area contributed by atoms with Crippen molar-refractivity contribution >= 4 is 0 Å². The lowest BCUT2D eigenvalue weighted by Gasteiger charge is -2.13. The van der Waals surface area contributed by atoms with Crippen molar-refractivity contribution in [3.8, 4) is 11.1 Å². The molecule has 3 aromatic rings. The highest BCUT2D eigenvalue weighted by atomic mass is 15.5. The Morgan fingerprint density at radius 1 is 1.00 bits per heavy atom. The molecule has 1 aromatic heterocycles. The van der Waals surface area contributed by atoms with E-state index in [-0.39, 0.29) is 6.04 Å². The predicted octanol–water partition coefficient (Wildman–Crippen LogP) is 2.72. The van der Waals surface area contributed by atoms with Gasteiger partial charge in [0, 0.05) is 6.04 Å². The third kappa shape index (κ3) is 3.32. The molecule has 1 heterocycles. The second-order valence-electron chi connectivity index (χ2n) is 4.92. The van der Waals surface area contributed by atoms with E-state index in [1.807, 2.05) is 6.07 Å². The van der Waals surface area contributed by atoms with E-state index >= 15 is 0 Å². The Kier molecular flexibility index (Phi) is 4.02. The highest BCUT2D eigenvalue weighted by Crippen LogP contribution is 2.21. The fourth-order valence-corrected chi connectivity index (χ4v) is 2.21. The highest BCUT2D eigenvalue weighted by Gasteiger charge is 2.07. The number of aromatic amines is 1. The Hall–Kier alpha value is -2.53. The molecule has 2 N–H and O–H groups in total. The molecule has 5 heteroatoms. The molecule has 0 aliphatic rings. The average molecular weight is 279 g/mol. The Bertz CT molecular complexity index is 662. The van der Waals surface area contributed by atoms with Crippen molar-refractivity contribution < 1.29 is 0 Å². The number of nitrogens with zero attached hydrogens (tertiary/aromatic N) is 3. The number of nitrogens with one attached hydrogen (secondary N) is 2. The quantitative estimate of drug-likeness (QED) is 0.753. The van der Waals surface area contributed by atoms with Gasteiger partial charge in [0.05, 0.1) is 6.54 Å². The minimum Gasteiger partial charge on any atom is -0.303 e. The Morgan fingerprint density at radius 2 is 1.71 bits per heavy atom. The summed E-state index contributed by atoms with van der Waals surface area (Å²) in [5.41, 5.74) is 3.69. The largest absolute Gasteiger partial charge is 0.303 e. The molecule has 106 valence electrons. The number of hydrogen-bond donors (Lipinski definition) is 2. The maximum Gasteiger partial charge on any atom is 0.188 e. The van der Waals surface area contributed by atoms with E-state index in [9.17, 15) is 0 Å². The van der Waals surface area contributed by atoms with Crippen molar-refractivity contribution in [3.63, 3.8) is 0 Å². The fraction of sp³-hybridized carbons (Fsp3) is 0.188. The number of benzene rings is 2. The minimum absolute atomic E-state index is 0.230. The van der Waals surface area contributed by atoms with E-state index in [1.54, 1.807) is 0 Å². The normalized spacial score (nSPS) is 12.2. The molecular weight excluding hydrogens is 262 g/mol. The molecular formula is C16H17N5. The lowest BCUT2D eigenvalue weighted by molar-refractivity contribution is 0.559. The molecule has 0 fully saturated rings. The van der Waals surface area contributed by atoms with Gasteiger partial charge in [0.25, 0.3) is 0 Å². The summed E-state index contributed by atoms with van der Waals surface area (Å²) in [6, 6.07) is 19.2. The monoisotopic (exact) mass is 279 g/mol. The fourth-order valence-electron chi connectivity index (χ4n) is 2.21. The van der Waals surface area contributed by atoms with Gasteiger partial charge in [-0.05, 0) is 23.6 Å². The van der Waals surface area contributed by atoms with Crippen LogP contribution in [-0.2, 0) is 6.54 Å². The van der Waals surface area contributed by atoms with Gasteiger partial charge in [-0.2, -0.15) is 5.21 Å². The van der Waals surface area contributed by atoms with E-state index in [1.165, 1.54) is 16.7 Å².